The van der Waals surface area contributed by atoms with E-state index < -0.39 is 11.6 Å². The first kappa shape index (κ1) is 11.7. The molecule has 0 aliphatic rings. The van der Waals surface area contributed by atoms with E-state index in [0.29, 0.717) is 12.0 Å². The van der Waals surface area contributed by atoms with Crippen LogP contribution in [0, 0.1) is 11.6 Å². The van der Waals surface area contributed by atoms with Gasteiger partial charge in [0.2, 0.25) is 0 Å². The van der Waals surface area contributed by atoms with Gasteiger partial charge in [0.15, 0.2) is 0 Å². The van der Waals surface area contributed by atoms with Gasteiger partial charge in [0, 0.05) is 10.9 Å². The van der Waals surface area contributed by atoms with Gasteiger partial charge in [-0.1, -0.05) is 28.1 Å². The lowest BCUT2D eigenvalue weighted by Gasteiger charge is -2.08. The molecule has 0 saturated carbocycles. The van der Waals surface area contributed by atoms with Gasteiger partial charge in [0.05, 0.1) is 4.83 Å². The van der Waals surface area contributed by atoms with Crippen molar-refractivity contribution in [3.63, 3.8) is 0 Å². The van der Waals surface area contributed by atoms with Crippen LogP contribution in [0.25, 0.3) is 0 Å². The summed E-state index contributed by atoms with van der Waals surface area (Å²) in [7, 11) is 0. The van der Waals surface area contributed by atoms with E-state index in [1.54, 1.807) is 11.3 Å². The number of hydrogen-bond acceptors (Lipinski definition) is 1. The Morgan fingerprint density at radius 3 is 2.69 bits per heavy atom. The molecule has 84 valence electrons. The second kappa shape index (κ2) is 5.06. The number of rotatable bonds is 3. The third kappa shape index (κ3) is 2.68. The van der Waals surface area contributed by atoms with Crippen molar-refractivity contribution in [3.8, 4) is 0 Å². The molecule has 0 amide bonds. The minimum atomic E-state index is -0.538. The second-order valence-electron chi connectivity index (χ2n) is 3.42. The lowest BCUT2D eigenvalue weighted by molar-refractivity contribution is 0.571. The van der Waals surface area contributed by atoms with Crippen LogP contribution >= 0.6 is 27.3 Å². The van der Waals surface area contributed by atoms with Crippen molar-refractivity contribution in [1.29, 1.82) is 0 Å². The van der Waals surface area contributed by atoms with Gasteiger partial charge in [0.25, 0.3) is 0 Å². The van der Waals surface area contributed by atoms with E-state index in [4.69, 9.17) is 0 Å². The highest BCUT2D eigenvalue weighted by Crippen LogP contribution is 2.31. The molecule has 1 aromatic heterocycles. The van der Waals surface area contributed by atoms with Crippen molar-refractivity contribution >= 4 is 27.3 Å². The topological polar surface area (TPSA) is 0 Å². The van der Waals surface area contributed by atoms with Crippen molar-refractivity contribution in [1.82, 2.24) is 0 Å². The Balaban J connectivity index is 2.15. The highest BCUT2D eigenvalue weighted by Gasteiger charge is 2.12. The molecule has 2 aromatic rings. The van der Waals surface area contributed by atoms with Crippen LogP contribution in [-0.4, -0.2) is 0 Å². The van der Waals surface area contributed by atoms with E-state index in [2.05, 4.69) is 15.9 Å². The molecule has 4 heteroatoms. The standard InChI is InChI=1S/C12H9BrF2S/c13-10(12-2-1-5-16-12)6-8-3-4-9(14)7-11(8)15/h1-5,7,10H,6H2. The normalized spacial score (nSPS) is 12.7. The summed E-state index contributed by atoms with van der Waals surface area (Å²) in [5.74, 6) is -1.02. The first-order valence-electron chi connectivity index (χ1n) is 4.78. The monoisotopic (exact) mass is 302 g/mol. The molecule has 1 unspecified atom stereocenters. The minimum Gasteiger partial charge on any atom is -0.207 e. The molecule has 0 fully saturated rings. The maximum Gasteiger partial charge on any atom is 0.129 e. The van der Waals surface area contributed by atoms with Crippen LogP contribution in [0.2, 0.25) is 0 Å². The maximum atomic E-state index is 13.4. The zero-order valence-electron chi connectivity index (χ0n) is 8.29. The van der Waals surface area contributed by atoms with E-state index in [-0.39, 0.29) is 4.83 Å². The van der Waals surface area contributed by atoms with Crippen molar-refractivity contribution in [2.24, 2.45) is 0 Å². The minimum absolute atomic E-state index is 0.0764. The summed E-state index contributed by atoms with van der Waals surface area (Å²) in [4.78, 5) is 1.22. The number of hydrogen-bond donors (Lipinski definition) is 0. The van der Waals surface area contributed by atoms with Crippen molar-refractivity contribution < 1.29 is 8.78 Å². The van der Waals surface area contributed by atoms with Gasteiger partial charge < -0.3 is 0 Å². The van der Waals surface area contributed by atoms with Gasteiger partial charge in [-0.2, -0.15) is 0 Å². The summed E-state index contributed by atoms with van der Waals surface area (Å²) in [6.45, 7) is 0. The predicted molar refractivity (Wildman–Crippen MR) is 66.0 cm³/mol. The van der Waals surface area contributed by atoms with Crippen LogP contribution in [0.3, 0.4) is 0 Å². The van der Waals surface area contributed by atoms with E-state index >= 15 is 0 Å². The van der Waals surface area contributed by atoms with Crippen LogP contribution in [0.1, 0.15) is 15.3 Å². The highest BCUT2D eigenvalue weighted by atomic mass is 79.9. The van der Waals surface area contributed by atoms with Gasteiger partial charge in [-0.3, -0.25) is 0 Å². The number of benzene rings is 1. The quantitative estimate of drug-likeness (QED) is 0.721. The third-order valence-electron chi connectivity index (χ3n) is 2.27. The van der Waals surface area contributed by atoms with E-state index in [9.17, 15) is 8.78 Å². The molecule has 1 aromatic carbocycles. The molecule has 0 aliphatic heterocycles. The lowest BCUT2D eigenvalue weighted by atomic mass is 10.1. The summed E-state index contributed by atoms with van der Waals surface area (Å²) in [5, 5.41) is 1.98. The first-order chi connectivity index (χ1) is 7.66. The van der Waals surface area contributed by atoms with Crippen molar-refractivity contribution in [2.45, 2.75) is 11.2 Å². The fraction of sp³-hybridized carbons (Fsp3) is 0.167. The molecule has 2 rings (SSSR count). The molecular formula is C12H9BrF2S. The van der Waals surface area contributed by atoms with E-state index in [0.717, 1.165) is 10.9 Å². The number of thiophene rings is 1. The predicted octanol–water partition coefficient (Wildman–Crippen LogP) is 4.71. The highest BCUT2D eigenvalue weighted by molar-refractivity contribution is 9.09. The molecule has 1 heterocycles. The summed E-state index contributed by atoms with van der Waals surface area (Å²) in [6.07, 6.45) is 0.520. The third-order valence-corrected chi connectivity index (χ3v) is 4.37. The maximum absolute atomic E-state index is 13.4. The zero-order chi connectivity index (χ0) is 11.5. The Kier molecular flexibility index (Phi) is 3.71. The summed E-state index contributed by atoms with van der Waals surface area (Å²) >= 11 is 5.12. The molecule has 0 nitrogen and oxygen atoms in total. The first-order valence-corrected chi connectivity index (χ1v) is 6.58. The van der Waals surface area contributed by atoms with Gasteiger partial charge >= 0.3 is 0 Å². The fourth-order valence-corrected chi connectivity index (χ4v) is 2.98. The smallest absolute Gasteiger partial charge is 0.129 e. The average molecular weight is 303 g/mol. The average Bonchev–Trinajstić information content (AvgIpc) is 2.75. The van der Waals surface area contributed by atoms with E-state index in [1.807, 2.05) is 17.5 Å². The number of alkyl halides is 1. The summed E-state index contributed by atoms with van der Waals surface area (Å²) in [6, 6.07) is 7.64. The van der Waals surface area contributed by atoms with Gasteiger partial charge in [-0.15, -0.1) is 11.3 Å². The molecule has 1 atom stereocenters. The molecular weight excluding hydrogens is 294 g/mol. The molecule has 0 radical (unpaired) electrons. The Morgan fingerprint density at radius 1 is 1.25 bits per heavy atom. The van der Waals surface area contributed by atoms with Gasteiger partial charge in [-0.25, -0.2) is 8.78 Å². The molecule has 0 aliphatic carbocycles. The largest absolute Gasteiger partial charge is 0.207 e. The SMILES string of the molecule is Fc1ccc(CC(Br)c2cccs2)c(F)c1. The van der Waals surface area contributed by atoms with Crippen LogP contribution < -0.4 is 0 Å². The Morgan fingerprint density at radius 2 is 2.06 bits per heavy atom. The van der Waals surface area contributed by atoms with Crippen LogP contribution in [0.4, 0.5) is 8.78 Å². The van der Waals surface area contributed by atoms with E-state index in [1.165, 1.54) is 12.1 Å². The second-order valence-corrected chi connectivity index (χ2v) is 5.51. The van der Waals surface area contributed by atoms with Gasteiger partial charge in [0.1, 0.15) is 11.6 Å². The molecule has 0 saturated heterocycles. The Labute approximate surface area is 105 Å². The molecule has 0 bridgehead atoms. The molecule has 0 spiro atoms. The number of halogens is 3. The van der Waals surface area contributed by atoms with Gasteiger partial charge in [-0.05, 0) is 29.5 Å². The van der Waals surface area contributed by atoms with Crippen molar-refractivity contribution in [2.75, 3.05) is 0 Å². The molecule has 16 heavy (non-hydrogen) atoms. The summed E-state index contributed by atoms with van der Waals surface area (Å²) in [5.41, 5.74) is 0.525. The van der Waals surface area contributed by atoms with Crippen molar-refractivity contribution in [3.05, 3.63) is 57.8 Å². The molecule has 0 N–H and O–H groups in total. The Hall–Kier alpha value is -0.740. The zero-order valence-corrected chi connectivity index (χ0v) is 10.7. The fourth-order valence-electron chi connectivity index (χ4n) is 1.45. The Bertz CT molecular complexity index is 468. The van der Waals surface area contributed by atoms with Crippen LogP contribution in [-0.2, 0) is 6.42 Å². The van der Waals surface area contributed by atoms with Crippen LogP contribution in [0.5, 0.6) is 0 Å². The lowest BCUT2D eigenvalue weighted by Crippen LogP contribution is -1.97. The summed E-state index contributed by atoms with van der Waals surface area (Å²) < 4.78 is 26.1. The van der Waals surface area contributed by atoms with Crippen LogP contribution in [0.15, 0.2) is 35.7 Å².